The number of hydrogen-bond acceptors (Lipinski definition) is 3. The molecule has 0 saturated carbocycles. The molecule has 31 heavy (non-hydrogen) atoms. The molecule has 0 saturated heterocycles. The van der Waals surface area contributed by atoms with Crippen LogP contribution in [-0.2, 0) is 14.3 Å². The van der Waals surface area contributed by atoms with Crippen molar-refractivity contribution in [3.8, 4) is 0 Å². The molecule has 0 atom stereocenters. The Labute approximate surface area is 199 Å². The second-order valence-corrected chi connectivity index (χ2v) is 10.1. The van der Waals surface area contributed by atoms with Crippen LogP contribution in [0.25, 0.3) is 0 Å². The van der Waals surface area contributed by atoms with E-state index in [2.05, 4.69) is 6.92 Å². The minimum atomic E-state index is -1.57. The molecule has 0 radical (unpaired) electrons. The van der Waals surface area contributed by atoms with Crippen molar-refractivity contribution < 1.29 is 17.8 Å². The monoisotopic (exact) mass is 544 g/mol. The van der Waals surface area contributed by atoms with E-state index >= 15 is 0 Å². The second kappa shape index (κ2) is 18.5. The molecule has 0 aliphatic rings. The maximum atomic E-state index is 12.5. The number of carboxylic acids is 1. The molecule has 0 spiro atoms. The van der Waals surface area contributed by atoms with Crippen LogP contribution < -0.4 is 0 Å². The minimum absolute atomic E-state index is 0.00696. The van der Waals surface area contributed by atoms with E-state index in [1.54, 1.807) is 18.2 Å². The Balaban J connectivity index is 2.09. The average Bonchev–Trinajstić information content (AvgIpc) is 2.75. The normalized spacial score (nSPS) is 11.0. The fraction of sp³-hybridized carbons (Fsp3) is 0.692. The summed E-state index contributed by atoms with van der Waals surface area (Å²) in [6, 6.07) is 5.04. The molecule has 0 amide bonds. The molecule has 0 heterocycles. The number of unbranched alkanes of at least 4 members (excludes halogenated alkanes) is 14. The lowest BCUT2D eigenvalue weighted by Crippen LogP contribution is -2.08. The Hall–Kier alpha value is -1.11. The number of aliphatic carboxylic acids is 1. The summed E-state index contributed by atoms with van der Waals surface area (Å²) in [6.45, 7) is 2.26. The standard InChI is InChI=1S/C26H41IO4/c1-2-3-4-5-6-7-8-9-10-11-12-13-14-15-16-20-24(28)23-19-17-18-22(21-25(29)30)26(23)27-31/h17-19H,2-16,20-21H2,1H3,(H,29,30). The van der Waals surface area contributed by atoms with Gasteiger partial charge in [-0.3, -0.25) is 12.7 Å². The number of Topliss-reactive ketones (excluding diaryl/α,β-unsaturated/α-hetero) is 1. The Morgan fingerprint density at radius 1 is 0.774 bits per heavy atom. The molecule has 5 heteroatoms. The van der Waals surface area contributed by atoms with E-state index in [9.17, 15) is 12.7 Å². The van der Waals surface area contributed by atoms with Crippen LogP contribution in [0.4, 0.5) is 0 Å². The molecule has 1 rings (SSSR count). The zero-order valence-electron chi connectivity index (χ0n) is 19.3. The number of halogens is 1. The van der Waals surface area contributed by atoms with Gasteiger partial charge < -0.3 is 5.11 Å². The Morgan fingerprint density at radius 3 is 1.71 bits per heavy atom. The third-order valence-corrected chi connectivity index (χ3v) is 7.52. The molecule has 1 aromatic carbocycles. The van der Waals surface area contributed by atoms with Crippen molar-refractivity contribution >= 4 is 32.9 Å². The highest BCUT2D eigenvalue weighted by molar-refractivity contribution is 14.1. The molecule has 176 valence electrons. The number of carbonyl (C=O) groups excluding carboxylic acids is 1. The summed E-state index contributed by atoms with van der Waals surface area (Å²) in [7, 11) is 0. The predicted octanol–water partition coefficient (Wildman–Crippen LogP) is 8.24. The summed E-state index contributed by atoms with van der Waals surface area (Å²) in [5.41, 5.74) is 0.976. The zero-order chi connectivity index (χ0) is 22.7. The molecule has 4 nitrogen and oxygen atoms in total. The van der Waals surface area contributed by atoms with Crippen molar-refractivity contribution in [2.75, 3.05) is 0 Å². The number of hydrogen-bond donors (Lipinski definition) is 1. The van der Waals surface area contributed by atoms with Gasteiger partial charge in [-0.05, 0) is 12.0 Å². The molecule has 0 aliphatic heterocycles. The van der Waals surface area contributed by atoms with Crippen LogP contribution in [0.5, 0.6) is 0 Å². The van der Waals surface area contributed by atoms with Crippen LogP contribution in [0.2, 0.25) is 0 Å². The zero-order valence-corrected chi connectivity index (χ0v) is 21.5. The van der Waals surface area contributed by atoms with E-state index in [0.717, 1.165) is 19.3 Å². The van der Waals surface area contributed by atoms with E-state index in [1.807, 2.05) is 0 Å². The molecule has 0 fully saturated rings. The van der Waals surface area contributed by atoms with Crippen LogP contribution in [-0.4, -0.2) is 16.9 Å². The Kier molecular flexibility index (Phi) is 16.6. The van der Waals surface area contributed by atoms with E-state index in [4.69, 9.17) is 5.11 Å². The fourth-order valence-corrected chi connectivity index (χ4v) is 5.35. The molecule has 0 aromatic heterocycles. The van der Waals surface area contributed by atoms with E-state index in [1.165, 1.54) is 77.0 Å². The number of carboxylic acid groups (broad SMARTS) is 1. The van der Waals surface area contributed by atoms with Gasteiger partial charge in [0.25, 0.3) is 0 Å². The van der Waals surface area contributed by atoms with Gasteiger partial charge in [-0.1, -0.05) is 115 Å². The average molecular weight is 545 g/mol. The van der Waals surface area contributed by atoms with Crippen molar-refractivity contribution in [3.05, 3.63) is 32.9 Å². The first-order valence-corrected chi connectivity index (χ1v) is 14.2. The van der Waals surface area contributed by atoms with E-state index in [0.29, 0.717) is 21.1 Å². The van der Waals surface area contributed by atoms with Crippen LogP contribution in [0.3, 0.4) is 0 Å². The summed E-state index contributed by atoms with van der Waals surface area (Å²) in [4.78, 5) is 23.5. The van der Waals surface area contributed by atoms with Gasteiger partial charge in [0.15, 0.2) is 27.0 Å². The summed E-state index contributed by atoms with van der Waals surface area (Å²) < 4.78 is 12.1. The minimum Gasteiger partial charge on any atom is -0.481 e. The van der Waals surface area contributed by atoms with Gasteiger partial charge in [0, 0.05) is 12.0 Å². The first kappa shape index (κ1) is 27.9. The molecule has 0 aliphatic carbocycles. The van der Waals surface area contributed by atoms with Gasteiger partial charge in [-0.2, -0.15) is 0 Å². The van der Waals surface area contributed by atoms with Crippen LogP contribution in [0.1, 0.15) is 126 Å². The van der Waals surface area contributed by atoms with Crippen molar-refractivity contribution in [3.63, 3.8) is 0 Å². The van der Waals surface area contributed by atoms with E-state index < -0.39 is 27.2 Å². The number of rotatable bonds is 20. The number of benzene rings is 1. The van der Waals surface area contributed by atoms with Gasteiger partial charge in [-0.15, -0.1) is 0 Å². The van der Waals surface area contributed by atoms with E-state index in [-0.39, 0.29) is 12.2 Å². The first-order chi connectivity index (χ1) is 15.1. The molecule has 0 bridgehead atoms. The number of ketones is 1. The lowest BCUT2D eigenvalue weighted by Gasteiger charge is -2.08. The Bertz CT molecular complexity index is 657. The summed E-state index contributed by atoms with van der Waals surface area (Å²) in [5, 5.41) is 8.99. The van der Waals surface area contributed by atoms with Crippen LogP contribution in [0, 0.1) is 3.57 Å². The van der Waals surface area contributed by atoms with Gasteiger partial charge in [0.1, 0.15) is 0 Å². The topological polar surface area (TPSA) is 71.4 Å². The largest absolute Gasteiger partial charge is 0.481 e. The fourth-order valence-electron chi connectivity index (χ4n) is 3.98. The second-order valence-electron chi connectivity index (χ2n) is 8.55. The van der Waals surface area contributed by atoms with Crippen molar-refractivity contribution in [2.24, 2.45) is 0 Å². The van der Waals surface area contributed by atoms with Crippen LogP contribution in [0.15, 0.2) is 18.2 Å². The lowest BCUT2D eigenvalue weighted by atomic mass is 10.0. The highest BCUT2D eigenvalue weighted by atomic mass is 127. The van der Waals surface area contributed by atoms with Crippen molar-refractivity contribution in [2.45, 2.75) is 116 Å². The highest BCUT2D eigenvalue weighted by Crippen LogP contribution is 2.24. The third kappa shape index (κ3) is 13.1. The highest BCUT2D eigenvalue weighted by Gasteiger charge is 2.16. The molecule has 1 aromatic rings. The maximum absolute atomic E-state index is 12.5. The van der Waals surface area contributed by atoms with Crippen LogP contribution >= 0.6 is 21.2 Å². The molecular weight excluding hydrogens is 503 g/mol. The van der Waals surface area contributed by atoms with Crippen molar-refractivity contribution in [1.29, 1.82) is 0 Å². The van der Waals surface area contributed by atoms with Crippen molar-refractivity contribution in [1.82, 2.24) is 0 Å². The summed E-state index contributed by atoms with van der Waals surface area (Å²) in [6.07, 6.45) is 19.6. The maximum Gasteiger partial charge on any atom is 0.307 e. The smallest absolute Gasteiger partial charge is 0.307 e. The molecular formula is C26H41IO4. The quantitative estimate of drug-likeness (QED) is 0.102. The molecule has 0 unspecified atom stereocenters. The predicted molar refractivity (Wildman–Crippen MR) is 135 cm³/mol. The lowest BCUT2D eigenvalue weighted by molar-refractivity contribution is -0.136. The van der Waals surface area contributed by atoms with Gasteiger partial charge in [-0.25, -0.2) is 0 Å². The SMILES string of the molecule is CCCCCCCCCCCCCCCCCC(=O)c1cccc(CC(=O)O)c1I=O. The van der Waals surface area contributed by atoms with Gasteiger partial charge >= 0.3 is 5.97 Å². The Morgan fingerprint density at radius 2 is 1.26 bits per heavy atom. The van der Waals surface area contributed by atoms with Gasteiger partial charge in [0.2, 0.25) is 0 Å². The van der Waals surface area contributed by atoms with Gasteiger partial charge in [0.05, 0.1) is 9.99 Å². The third-order valence-electron chi connectivity index (χ3n) is 5.81. The first-order valence-electron chi connectivity index (χ1n) is 12.2. The molecule has 1 N–H and O–H groups in total. The summed E-state index contributed by atoms with van der Waals surface area (Å²) in [5.74, 6) is -0.974. The number of carbonyl (C=O) groups is 2. The summed E-state index contributed by atoms with van der Waals surface area (Å²) >= 11 is -1.57.